The molecule has 0 radical (unpaired) electrons. The lowest BCUT2D eigenvalue weighted by Gasteiger charge is -2.09. The summed E-state index contributed by atoms with van der Waals surface area (Å²) in [6, 6.07) is 0. The number of rotatable bonds is 7. The lowest BCUT2D eigenvalue weighted by molar-refractivity contribution is 0.387. The van der Waals surface area contributed by atoms with Crippen molar-refractivity contribution < 1.29 is 4.52 Å². The Morgan fingerprint density at radius 3 is 2.86 bits per heavy atom. The van der Waals surface area contributed by atoms with Crippen molar-refractivity contribution in [2.24, 2.45) is 4.99 Å². The normalized spacial score (nSPS) is 11.7. The minimum atomic E-state index is 0.393. The van der Waals surface area contributed by atoms with E-state index in [4.69, 9.17) is 4.52 Å². The average Bonchev–Trinajstić information content (AvgIpc) is 3.13. The van der Waals surface area contributed by atoms with Gasteiger partial charge in [0.05, 0.1) is 5.01 Å². The molecule has 2 heterocycles. The van der Waals surface area contributed by atoms with E-state index in [9.17, 15) is 0 Å². The first-order valence-electron chi connectivity index (χ1n) is 7.46. The molecule has 2 rings (SSSR count). The van der Waals surface area contributed by atoms with Crippen molar-refractivity contribution >= 4 is 17.3 Å². The van der Waals surface area contributed by atoms with Crippen LogP contribution >= 0.6 is 11.3 Å². The number of aryl methyl sites for hydroxylation is 2. The lowest BCUT2D eigenvalue weighted by Crippen LogP contribution is -2.38. The minimum Gasteiger partial charge on any atom is -0.357 e. The number of guanidine groups is 1. The molecule has 0 saturated carbocycles. The van der Waals surface area contributed by atoms with Gasteiger partial charge in [-0.2, -0.15) is 4.98 Å². The first-order valence-corrected chi connectivity index (χ1v) is 8.27. The molecule has 0 spiro atoms. The van der Waals surface area contributed by atoms with Gasteiger partial charge >= 0.3 is 0 Å². The van der Waals surface area contributed by atoms with Crippen LogP contribution in [0, 0.1) is 6.92 Å². The molecule has 0 atom stereocenters. The maximum atomic E-state index is 4.93. The quantitative estimate of drug-likeness (QED) is 0.596. The van der Waals surface area contributed by atoms with Crippen molar-refractivity contribution in [3.05, 3.63) is 27.8 Å². The zero-order valence-corrected chi connectivity index (χ0v) is 14.0. The summed E-state index contributed by atoms with van der Waals surface area (Å²) in [6.07, 6.45) is 3.88. The third-order valence-corrected chi connectivity index (χ3v) is 4.08. The monoisotopic (exact) mass is 322 g/mol. The number of hydrogen-bond acceptors (Lipinski definition) is 6. The molecule has 2 aromatic heterocycles. The molecule has 0 fully saturated rings. The van der Waals surface area contributed by atoms with Crippen molar-refractivity contribution in [1.29, 1.82) is 0 Å². The third kappa shape index (κ3) is 5.10. The van der Waals surface area contributed by atoms with Gasteiger partial charge in [0.15, 0.2) is 11.8 Å². The summed E-state index contributed by atoms with van der Waals surface area (Å²) in [5.74, 6) is 1.89. The van der Waals surface area contributed by atoms with Crippen LogP contribution < -0.4 is 10.6 Å². The maximum absolute atomic E-state index is 4.93. The van der Waals surface area contributed by atoms with Gasteiger partial charge in [-0.15, -0.1) is 11.3 Å². The molecule has 7 nitrogen and oxygen atoms in total. The Morgan fingerprint density at radius 2 is 2.23 bits per heavy atom. The summed E-state index contributed by atoms with van der Waals surface area (Å²) in [5, 5.41) is 11.5. The molecule has 22 heavy (non-hydrogen) atoms. The second-order valence-electron chi connectivity index (χ2n) is 4.68. The van der Waals surface area contributed by atoms with Crippen LogP contribution in [0.15, 0.2) is 15.7 Å². The van der Waals surface area contributed by atoms with E-state index in [-0.39, 0.29) is 0 Å². The first-order chi connectivity index (χ1) is 10.7. The predicted molar refractivity (Wildman–Crippen MR) is 87.0 cm³/mol. The molecule has 0 saturated heterocycles. The molecule has 0 unspecified atom stereocenters. The molecule has 0 bridgehead atoms. The number of hydrogen-bond donors (Lipinski definition) is 2. The number of aromatic nitrogens is 3. The van der Waals surface area contributed by atoms with Gasteiger partial charge in [-0.1, -0.05) is 12.1 Å². The highest BCUT2D eigenvalue weighted by Gasteiger charge is 2.04. The number of aliphatic imine (C=N–C) groups is 1. The van der Waals surface area contributed by atoms with E-state index >= 15 is 0 Å². The Kier molecular flexibility index (Phi) is 6.32. The highest BCUT2D eigenvalue weighted by atomic mass is 32.1. The molecule has 0 aliphatic heterocycles. The SMILES string of the molecule is CCNC(=NCc1noc(C)n1)NCCc1ncc(CC)s1. The summed E-state index contributed by atoms with van der Waals surface area (Å²) in [5.41, 5.74) is 0. The van der Waals surface area contributed by atoms with Crippen LogP contribution in [0.3, 0.4) is 0 Å². The second-order valence-corrected chi connectivity index (χ2v) is 5.88. The van der Waals surface area contributed by atoms with Gasteiger partial charge in [-0.25, -0.2) is 9.98 Å². The van der Waals surface area contributed by atoms with Crippen molar-refractivity contribution in [2.45, 2.75) is 40.2 Å². The van der Waals surface area contributed by atoms with Gasteiger partial charge in [-0.05, 0) is 13.3 Å². The van der Waals surface area contributed by atoms with E-state index in [1.807, 2.05) is 13.1 Å². The van der Waals surface area contributed by atoms with Crippen LogP contribution in [0.4, 0.5) is 0 Å². The summed E-state index contributed by atoms with van der Waals surface area (Å²) in [4.78, 5) is 14.3. The molecule has 120 valence electrons. The zero-order chi connectivity index (χ0) is 15.8. The zero-order valence-electron chi connectivity index (χ0n) is 13.2. The fraction of sp³-hybridized carbons (Fsp3) is 0.571. The van der Waals surface area contributed by atoms with Gasteiger partial charge < -0.3 is 15.2 Å². The Bertz CT molecular complexity index is 606. The lowest BCUT2D eigenvalue weighted by atomic mass is 10.4. The fourth-order valence-corrected chi connectivity index (χ4v) is 2.67. The van der Waals surface area contributed by atoms with Crippen LogP contribution in [-0.4, -0.2) is 34.2 Å². The summed E-state index contributed by atoms with van der Waals surface area (Å²) in [6.45, 7) is 7.92. The number of thiazole rings is 1. The Hall–Kier alpha value is -1.96. The van der Waals surface area contributed by atoms with E-state index in [1.165, 1.54) is 4.88 Å². The van der Waals surface area contributed by atoms with Crippen LogP contribution in [0.2, 0.25) is 0 Å². The van der Waals surface area contributed by atoms with Gasteiger partial charge in [0, 0.05) is 37.5 Å². The topological polar surface area (TPSA) is 88.2 Å². The third-order valence-electron chi connectivity index (χ3n) is 2.87. The van der Waals surface area contributed by atoms with Crippen molar-refractivity contribution in [3.8, 4) is 0 Å². The van der Waals surface area contributed by atoms with Gasteiger partial charge in [-0.3, -0.25) is 0 Å². The average molecular weight is 322 g/mol. The smallest absolute Gasteiger partial charge is 0.223 e. The maximum Gasteiger partial charge on any atom is 0.223 e. The van der Waals surface area contributed by atoms with Crippen LogP contribution in [-0.2, 0) is 19.4 Å². The van der Waals surface area contributed by atoms with E-state index in [2.05, 4.69) is 37.7 Å². The minimum absolute atomic E-state index is 0.393. The molecule has 8 heteroatoms. The second kappa shape index (κ2) is 8.47. The van der Waals surface area contributed by atoms with E-state index < -0.39 is 0 Å². The fourth-order valence-electron chi connectivity index (χ4n) is 1.81. The summed E-state index contributed by atoms with van der Waals surface area (Å²) >= 11 is 1.77. The van der Waals surface area contributed by atoms with E-state index in [0.717, 1.165) is 36.9 Å². The van der Waals surface area contributed by atoms with Crippen LogP contribution in [0.25, 0.3) is 0 Å². The Labute approximate surface area is 134 Å². The molecule has 0 aliphatic rings. The highest BCUT2D eigenvalue weighted by Crippen LogP contribution is 2.13. The Balaban J connectivity index is 1.82. The van der Waals surface area contributed by atoms with Gasteiger partial charge in [0.1, 0.15) is 6.54 Å². The number of nitrogens with zero attached hydrogens (tertiary/aromatic N) is 4. The highest BCUT2D eigenvalue weighted by molar-refractivity contribution is 7.11. The van der Waals surface area contributed by atoms with Crippen molar-refractivity contribution in [2.75, 3.05) is 13.1 Å². The molecule has 0 amide bonds. The van der Waals surface area contributed by atoms with E-state index in [0.29, 0.717) is 18.3 Å². The number of nitrogens with one attached hydrogen (secondary N) is 2. The molecule has 2 N–H and O–H groups in total. The summed E-state index contributed by atoms with van der Waals surface area (Å²) in [7, 11) is 0. The van der Waals surface area contributed by atoms with E-state index in [1.54, 1.807) is 18.3 Å². The van der Waals surface area contributed by atoms with Gasteiger partial charge in [0.2, 0.25) is 5.89 Å². The molecular weight excluding hydrogens is 300 g/mol. The molecule has 2 aromatic rings. The first kappa shape index (κ1) is 16.4. The Morgan fingerprint density at radius 1 is 1.36 bits per heavy atom. The summed E-state index contributed by atoms with van der Waals surface area (Å²) < 4.78 is 4.93. The molecule has 0 aromatic carbocycles. The van der Waals surface area contributed by atoms with Crippen molar-refractivity contribution in [1.82, 2.24) is 25.8 Å². The molecular formula is C14H22N6OS. The van der Waals surface area contributed by atoms with Crippen LogP contribution in [0.5, 0.6) is 0 Å². The standard InChI is InChI=1S/C14H22N6OS/c1-4-11-8-17-13(22-11)6-7-16-14(15-5-2)18-9-12-19-10(3)21-20-12/h8H,4-7,9H2,1-3H3,(H2,15,16,18). The van der Waals surface area contributed by atoms with Crippen LogP contribution in [0.1, 0.15) is 35.4 Å². The van der Waals surface area contributed by atoms with Gasteiger partial charge in [0.25, 0.3) is 0 Å². The largest absolute Gasteiger partial charge is 0.357 e. The predicted octanol–water partition coefficient (Wildman–Crippen LogP) is 1.69. The van der Waals surface area contributed by atoms with Crippen molar-refractivity contribution in [3.63, 3.8) is 0 Å². The molecule has 0 aliphatic carbocycles.